The second-order valence-corrected chi connectivity index (χ2v) is 4.69. The second-order valence-electron chi connectivity index (χ2n) is 4.69. The highest BCUT2D eigenvalue weighted by molar-refractivity contribution is 6.15. The van der Waals surface area contributed by atoms with E-state index in [1.165, 1.54) is 0 Å². The number of carboxylic acid groups (broad SMARTS) is 1. The number of aliphatic imine (C=N–C) groups is 1. The van der Waals surface area contributed by atoms with Gasteiger partial charge < -0.3 is 9.90 Å². The molecule has 1 aliphatic carbocycles. The summed E-state index contributed by atoms with van der Waals surface area (Å²) >= 11 is 0. The predicted molar refractivity (Wildman–Crippen MR) is 70.0 cm³/mol. The molecule has 20 heavy (non-hydrogen) atoms. The van der Waals surface area contributed by atoms with Crippen LogP contribution in [-0.2, 0) is 14.4 Å². The van der Waals surface area contributed by atoms with Crippen molar-refractivity contribution in [3.63, 3.8) is 0 Å². The third-order valence-electron chi connectivity index (χ3n) is 3.26. The van der Waals surface area contributed by atoms with E-state index < -0.39 is 17.9 Å². The van der Waals surface area contributed by atoms with E-state index >= 15 is 0 Å². The predicted octanol–water partition coefficient (Wildman–Crippen LogP) is 0.487. The molecule has 5 nitrogen and oxygen atoms in total. The lowest BCUT2D eigenvalue weighted by atomic mass is 9.87. The van der Waals surface area contributed by atoms with Gasteiger partial charge in [0, 0.05) is 19.1 Å². The number of nitrogens with zero attached hydrogens (tertiary/aromatic N) is 1. The second kappa shape index (κ2) is 6.23. The van der Waals surface area contributed by atoms with Gasteiger partial charge in [0.15, 0.2) is 0 Å². The van der Waals surface area contributed by atoms with Gasteiger partial charge in [0.05, 0.1) is 5.97 Å². The average Bonchev–Trinajstić information content (AvgIpc) is 2.43. The summed E-state index contributed by atoms with van der Waals surface area (Å²) in [4.78, 5) is 38.3. The molecule has 0 N–H and O–H groups in total. The summed E-state index contributed by atoms with van der Waals surface area (Å²) in [7, 11) is 0. The zero-order chi connectivity index (χ0) is 14.5. The number of benzene rings is 1. The van der Waals surface area contributed by atoms with Crippen LogP contribution in [0.25, 0.3) is 0 Å². The average molecular weight is 272 g/mol. The number of hydrogen-bond acceptors (Lipinski definition) is 5. The molecule has 104 valence electrons. The lowest BCUT2D eigenvalue weighted by Crippen LogP contribution is -2.32. The van der Waals surface area contributed by atoms with E-state index in [1.807, 2.05) is 0 Å². The molecular formula is C15H14NO4-. The lowest BCUT2D eigenvalue weighted by molar-refractivity contribution is -0.307. The van der Waals surface area contributed by atoms with Crippen molar-refractivity contribution in [3.8, 4) is 0 Å². The first-order chi connectivity index (χ1) is 9.59. The number of rotatable bonds is 4. The number of carbonyl (C=O) groups is 3. The maximum absolute atomic E-state index is 11.6. The molecule has 1 aromatic rings. The Morgan fingerprint density at radius 3 is 2.35 bits per heavy atom. The van der Waals surface area contributed by atoms with Crippen LogP contribution in [0, 0.1) is 5.92 Å². The van der Waals surface area contributed by atoms with E-state index in [0.717, 1.165) is 6.21 Å². The Morgan fingerprint density at radius 2 is 1.80 bits per heavy atom. The molecule has 1 atom stereocenters. The van der Waals surface area contributed by atoms with E-state index in [-0.39, 0.29) is 11.6 Å². The molecule has 5 heteroatoms. The van der Waals surface area contributed by atoms with Gasteiger partial charge >= 0.3 is 0 Å². The third-order valence-corrected chi connectivity index (χ3v) is 3.26. The molecule has 0 saturated heterocycles. The SMILES string of the molecule is O=C1CCCC(=O)C1C=N[C@@H](C(=O)[O-])c1ccccc1. The van der Waals surface area contributed by atoms with Gasteiger partial charge in [-0.15, -0.1) is 0 Å². The van der Waals surface area contributed by atoms with Crippen LogP contribution in [0.5, 0.6) is 0 Å². The summed E-state index contributed by atoms with van der Waals surface area (Å²) in [6.45, 7) is 0. The first kappa shape index (κ1) is 14.1. The van der Waals surface area contributed by atoms with E-state index in [1.54, 1.807) is 30.3 Å². The van der Waals surface area contributed by atoms with Crippen LogP contribution in [0.4, 0.5) is 0 Å². The highest BCUT2D eigenvalue weighted by Gasteiger charge is 2.28. The molecule has 0 unspecified atom stereocenters. The van der Waals surface area contributed by atoms with Crippen molar-refractivity contribution in [2.24, 2.45) is 10.9 Å². The summed E-state index contributed by atoms with van der Waals surface area (Å²) in [5.41, 5.74) is 0.458. The molecule has 0 aliphatic heterocycles. The quantitative estimate of drug-likeness (QED) is 0.589. The van der Waals surface area contributed by atoms with Crippen molar-refractivity contribution in [1.29, 1.82) is 0 Å². The summed E-state index contributed by atoms with van der Waals surface area (Å²) in [5.74, 6) is -2.66. The van der Waals surface area contributed by atoms with E-state index in [2.05, 4.69) is 4.99 Å². The van der Waals surface area contributed by atoms with Crippen molar-refractivity contribution in [1.82, 2.24) is 0 Å². The van der Waals surface area contributed by atoms with Crippen molar-refractivity contribution in [3.05, 3.63) is 35.9 Å². The maximum Gasteiger partial charge on any atom is 0.148 e. The Balaban J connectivity index is 2.20. The highest BCUT2D eigenvalue weighted by Crippen LogP contribution is 2.19. The fourth-order valence-electron chi connectivity index (χ4n) is 2.18. The highest BCUT2D eigenvalue weighted by atomic mass is 16.4. The van der Waals surface area contributed by atoms with E-state index in [9.17, 15) is 19.5 Å². The molecule has 0 radical (unpaired) electrons. The van der Waals surface area contributed by atoms with Crippen molar-refractivity contribution < 1.29 is 19.5 Å². The minimum atomic E-state index is -1.36. The molecule has 1 saturated carbocycles. The van der Waals surface area contributed by atoms with Crippen molar-refractivity contribution in [2.75, 3.05) is 0 Å². The van der Waals surface area contributed by atoms with Crippen LogP contribution >= 0.6 is 0 Å². The number of carbonyl (C=O) groups excluding carboxylic acids is 3. The number of carboxylic acids is 1. The van der Waals surface area contributed by atoms with E-state index in [0.29, 0.717) is 24.8 Å². The molecule has 0 aromatic heterocycles. The molecule has 0 amide bonds. The van der Waals surface area contributed by atoms with Crippen LogP contribution in [0.2, 0.25) is 0 Å². The normalized spacial score (nSPS) is 18.4. The van der Waals surface area contributed by atoms with E-state index in [4.69, 9.17) is 0 Å². The smallest absolute Gasteiger partial charge is 0.148 e. The molecular weight excluding hydrogens is 258 g/mol. The Labute approximate surface area is 116 Å². The van der Waals surface area contributed by atoms with Gasteiger partial charge in [-0.2, -0.15) is 0 Å². The zero-order valence-electron chi connectivity index (χ0n) is 10.8. The van der Waals surface area contributed by atoms with Gasteiger partial charge in [0.25, 0.3) is 0 Å². The number of hydrogen-bond donors (Lipinski definition) is 0. The zero-order valence-corrected chi connectivity index (χ0v) is 10.8. The van der Waals surface area contributed by atoms with Gasteiger partial charge in [0.2, 0.25) is 0 Å². The van der Waals surface area contributed by atoms with Gasteiger partial charge in [-0.25, -0.2) is 0 Å². The Hall–Kier alpha value is -2.30. The largest absolute Gasteiger partial charge is 0.547 e. The standard InChI is InChI=1S/C15H15NO4/c17-12-7-4-8-13(18)11(12)9-16-14(15(19)20)10-5-2-1-3-6-10/h1-3,5-6,9,11,14H,4,7-8H2,(H,19,20)/p-1/t14-/m1/s1. The first-order valence-corrected chi connectivity index (χ1v) is 6.44. The summed E-state index contributed by atoms with van der Waals surface area (Å²) < 4.78 is 0. The summed E-state index contributed by atoms with van der Waals surface area (Å²) in [6.07, 6.45) is 2.40. The summed E-state index contributed by atoms with van der Waals surface area (Å²) in [5, 5.41) is 11.1. The van der Waals surface area contributed by atoms with Gasteiger partial charge in [-0.1, -0.05) is 30.3 Å². The van der Waals surface area contributed by atoms with Crippen LogP contribution in [0.3, 0.4) is 0 Å². The number of Topliss-reactive ketones (excluding diaryl/α,β-unsaturated/α-hetero) is 2. The molecule has 0 bridgehead atoms. The number of aliphatic carboxylic acids is 1. The molecule has 1 aliphatic rings. The van der Waals surface area contributed by atoms with Crippen LogP contribution in [0.1, 0.15) is 30.9 Å². The maximum atomic E-state index is 11.6. The molecule has 1 fully saturated rings. The Bertz CT molecular complexity index is 534. The van der Waals surface area contributed by atoms with Crippen LogP contribution < -0.4 is 5.11 Å². The third kappa shape index (κ3) is 3.17. The molecule has 2 rings (SSSR count). The minimum Gasteiger partial charge on any atom is -0.547 e. The molecule has 1 aromatic carbocycles. The first-order valence-electron chi connectivity index (χ1n) is 6.44. The Morgan fingerprint density at radius 1 is 1.20 bits per heavy atom. The lowest BCUT2D eigenvalue weighted by Gasteiger charge is -2.18. The van der Waals surface area contributed by atoms with Gasteiger partial charge in [-0.3, -0.25) is 14.6 Å². The summed E-state index contributed by atoms with van der Waals surface area (Å²) in [6, 6.07) is 7.17. The van der Waals surface area contributed by atoms with Gasteiger partial charge in [0.1, 0.15) is 23.5 Å². The van der Waals surface area contributed by atoms with Gasteiger partial charge in [-0.05, 0) is 12.0 Å². The van der Waals surface area contributed by atoms with Crippen LogP contribution in [0.15, 0.2) is 35.3 Å². The Kier molecular flexibility index (Phi) is 4.40. The van der Waals surface area contributed by atoms with Crippen molar-refractivity contribution in [2.45, 2.75) is 25.3 Å². The monoisotopic (exact) mass is 272 g/mol. The minimum absolute atomic E-state index is 0.199. The fraction of sp³-hybridized carbons (Fsp3) is 0.333. The van der Waals surface area contributed by atoms with Crippen LogP contribution in [-0.4, -0.2) is 23.8 Å². The topological polar surface area (TPSA) is 86.6 Å². The molecule has 0 spiro atoms. The number of ketones is 2. The molecule has 0 heterocycles. The van der Waals surface area contributed by atoms with Crippen molar-refractivity contribution >= 4 is 23.8 Å². The fourth-order valence-corrected chi connectivity index (χ4v) is 2.18.